The van der Waals surface area contributed by atoms with Gasteiger partial charge in [-0.2, -0.15) is 20.7 Å². The van der Waals surface area contributed by atoms with Gasteiger partial charge in [-0.05, 0) is 87.1 Å². The van der Waals surface area contributed by atoms with Crippen LogP contribution in [0.15, 0.2) is 126 Å². The number of nitrogens with zero attached hydrogens (tertiary/aromatic N) is 6. The van der Waals surface area contributed by atoms with Crippen molar-refractivity contribution in [2.24, 2.45) is 5.41 Å². The van der Waals surface area contributed by atoms with Gasteiger partial charge in [-0.3, -0.25) is 0 Å². The fourth-order valence-corrected chi connectivity index (χ4v) is 5.32. The van der Waals surface area contributed by atoms with Gasteiger partial charge in [-0.25, -0.2) is 9.36 Å². The largest absolute Gasteiger partial charge is 0.493 e. The first-order valence-electron chi connectivity index (χ1n) is 15.4. The van der Waals surface area contributed by atoms with Gasteiger partial charge in [0.2, 0.25) is 0 Å². The highest BCUT2D eigenvalue weighted by Gasteiger charge is 2.33. The lowest BCUT2D eigenvalue weighted by Gasteiger charge is -2.33. The summed E-state index contributed by atoms with van der Waals surface area (Å²) in [4.78, 5) is 0. The minimum Gasteiger partial charge on any atom is -0.407 e. The number of nitrogens with two attached hydrogens (primary N) is 2. The minimum absolute atomic E-state index is 0.0665. The van der Waals surface area contributed by atoms with E-state index in [1.807, 2.05) is 103 Å². The van der Waals surface area contributed by atoms with E-state index >= 15 is 0 Å². The number of nitrogen functional groups attached to an aromatic ring is 2. The van der Waals surface area contributed by atoms with Gasteiger partial charge in [0.25, 0.3) is 0 Å². The summed E-state index contributed by atoms with van der Waals surface area (Å²) in [6.07, 6.45) is 7.14. The number of benzene rings is 4. The second-order valence-corrected chi connectivity index (χ2v) is 12.7. The number of halogens is 1. The summed E-state index contributed by atoms with van der Waals surface area (Å²) in [5, 5.41) is 25.9. The molecule has 244 valence electrons. The normalized spacial score (nSPS) is 13.1. The summed E-state index contributed by atoms with van der Waals surface area (Å²) in [7, 11) is -0.336. The topological polar surface area (TPSA) is 154 Å². The summed E-state index contributed by atoms with van der Waals surface area (Å²) in [6.45, 7) is 5.60. The monoisotopic (exact) mass is 712 g/mol. The van der Waals surface area contributed by atoms with E-state index in [0.717, 1.165) is 32.4 Å². The van der Waals surface area contributed by atoms with Crippen molar-refractivity contribution in [3.8, 4) is 34.6 Å². The predicted molar refractivity (Wildman–Crippen MR) is 196 cm³/mol. The van der Waals surface area contributed by atoms with Gasteiger partial charge in [-0.1, -0.05) is 56.3 Å². The van der Waals surface area contributed by atoms with Crippen LogP contribution in [0.4, 0.5) is 11.4 Å². The number of nitriles is 2. The Bertz CT molecular complexity index is 2080. The van der Waals surface area contributed by atoms with Crippen LogP contribution in [-0.2, 0) is 9.31 Å². The zero-order valence-electron chi connectivity index (χ0n) is 27.1. The molecule has 49 heavy (non-hydrogen) atoms. The van der Waals surface area contributed by atoms with Crippen molar-refractivity contribution >= 4 is 39.9 Å². The highest BCUT2D eigenvalue weighted by atomic mass is 79.9. The van der Waals surface area contributed by atoms with E-state index in [1.165, 1.54) is 0 Å². The maximum atomic E-state index is 9.16. The van der Waals surface area contributed by atoms with Crippen LogP contribution in [0.25, 0.3) is 22.5 Å². The Morgan fingerprint density at radius 2 is 1.29 bits per heavy atom. The lowest BCUT2D eigenvalue weighted by molar-refractivity contribution is 0.0343. The molecule has 3 heterocycles. The molecule has 4 N–H and O–H groups in total. The standard InChI is InChI=1S/C16H12N4.C14H18BN3O2.C7H4BrN/c17-11-13-4-1-2-5-14(13)12-6-7-16(15(18)10-12)20-9-3-8-19-20;1-14(2)9-19-15(20-10-14)11-4-5-13(12(16)8-11)18-7-3-6-17-18;8-7-4-2-1-3-6(7)5-9/h1-10H,18H2;3-8H,9-10,16H2,1-2H3;1-4H. The van der Waals surface area contributed by atoms with E-state index in [9.17, 15) is 0 Å². The number of anilines is 2. The van der Waals surface area contributed by atoms with Gasteiger partial charge in [0.1, 0.15) is 6.07 Å². The number of hydrogen-bond donors (Lipinski definition) is 2. The fourth-order valence-electron chi connectivity index (χ4n) is 4.95. The van der Waals surface area contributed by atoms with E-state index in [4.69, 9.17) is 31.3 Å². The zero-order chi connectivity index (χ0) is 34.8. The van der Waals surface area contributed by atoms with E-state index in [1.54, 1.807) is 33.9 Å². The van der Waals surface area contributed by atoms with Crippen molar-refractivity contribution in [3.05, 3.63) is 137 Å². The SMILES string of the molecule is CC1(C)COB(c2ccc(-n3cccn3)c(N)c2)OC1.N#Cc1ccccc1-c1ccc(-n2cccn2)c(N)c1.N#Cc1ccccc1Br. The van der Waals surface area contributed by atoms with E-state index < -0.39 is 0 Å². The van der Waals surface area contributed by atoms with Gasteiger partial charge < -0.3 is 20.8 Å². The molecule has 2 aromatic heterocycles. The summed E-state index contributed by atoms with van der Waals surface area (Å²) in [6, 6.07) is 34.3. The Balaban J connectivity index is 0.000000154. The van der Waals surface area contributed by atoms with Crippen LogP contribution in [0.5, 0.6) is 0 Å². The summed E-state index contributed by atoms with van der Waals surface area (Å²) in [5.41, 5.74) is 19.3. The Hall–Kier alpha value is -5.66. The van der Waals surface area contributed by atoms with Crippen LogP contribution in [0.2, 0.25) is 0 Å². The number of aromatic nitrogens is 4. The average Bonchev–Trinajstić information content (AvgIpc) is 3.85. The van der Waals surface area contributed by atoms with Crippen LogP contribution < -0.4 is 16.9 Å². The van der Waals surface area contributed by atoms with Gasteiger partial charge in [0.05, 0.1) is 39.9 Å². The van der Waals surface area contributed by atoms with Crippen molar-refractivity contribution in [3.63, 3.8) is 0 Å². The van der Waals surface area contributed by atoms with Gasteiger partial charge in [0.15, 0.2) is 0 Å². The van der Waals surface area contributed by atoms with Crippen LogP contribution in [0.3, 0.4) is 0 Å². The van der Waals surface area contributed by atoms with Crippen molar-refractivity contribution in [2.45, 2.75) is 13.8 Å². The third-order valence-corrected chi connectivity index (χ3v) is 8.15. The molecule has 0 spiro atoms. The molecule has 0 unspecified atom stereocenters. The minimum atomic E-state index is -0.336. The molecule has 0 radical (unpaired) electrons. The molecule has 0 atom stereocenters. The molecule has 0 saturated carbocycles. The van der Waals surface area contributed by atoms with Crippen molar-refractivity contribution in [1.82, 2.24) is 19.6 Å². The van der Waals surface area contributed by atoms with Crippen molar-refractivity contribution in [2.75, 3.05) is 24.7 Å². The molecule has 1 saturated heterocycles. The summed E-state index contributed by atoms with van der Waals surface area (Å²) >= 11 is 3.23. The van der Waals surface area contributed by atoms with E-state index in [0.29, 0.717) is 35.7 Å². The summed E-state index contributed by atoms with van der Waals surface area (Å²) < 4.78 is 15.8. The van der Waals surface area contributed by atoms with E-state index in [-0.39, 0.29) is 12.5 Å². The third-order valence-electron chi connectivity index (χ3n) is 7.46. The zero-order valence-corrected chi connectivity index (χ0v) is 28.7. The predicted octanol–water partition coefficient (Wildman–Crippen LogP) is 6.54. The molecule has 7 rings (SSSR count). The second kappa shape index (κ2) is 16.0. The molecule has 1 aliphatic heterocycles. The van der Waals surface area contributed by atoms with Crippen LogP contribution >= 0.6 is 15.9 Å². The second-order valence-electron chi connectivity index (χ2n) is 11.9. The fraction of sp³-hybridized carbons (Fsp3) is 0.135. The van der Waals surface area contributed by atoms with E-state index in [2.05, 4.69) is 46.0 Å². The Labute approximate surface area is 294 Å². The highest BCUT2D eigenvalue weighted by Crippen LogP contribution is 2.28. The Morgan fingerprint density at radius 3 is 1.80 bits per heavy atom. The third kappa shape index (κ3) is 8.83. The number of hydrogen-bond acceptors (Lipinski definition) is 8. The number of rotatable bonds is 4. The lowest BCUT2D eigenvalue weighted by atomic mass is 9.75. The molecule has 10 nitrogen and oxygen atoms in total. The molecule has 12 heteroatoms. The first-order chi connectivity index (χ1) is 23.7. The molecule has 0 amide bonds. The van der Waals surface area contributed by atoms with Gasteiger partial charge >= 0.3 is 7.12 Å². The molecule has 6 aromatic rings. The smallest absolute Gasteiger partial charge is 0.407 e. The Morgan fingerprint density at radius 1 is 0.735 bits per heavy atom. The van der Waals surface area contributed by atoms with Gasteiger partial charge in [-0.15, -0.1) is 0 Å². The lowest BCUT2D eigenvalue weighted by Crippen LogP contribution is -2.47. The molecule has 0 aliphatic carbocycles. The van der Waals surface area contributed by atoms with Crippen LogP contribution in [-0.4, -0.2) is 39.9 Å². The highest BCUT2D eigenvalue weighted by molar-refractivity contribution is 9.10. The molecule has 1 fully saturated rings. The maximum Gasteiger partial charge on any atom is 0.493 e. The van der Waals surface area contributed by atoms with Gasteiger partial charge in [0, 0.05) is 47.9 Å². The molecular weight excluding hydrogens is 679 g/mol. The van der Waals surface area contributed by atoms with Crippen molar-refractivity contribution < 1.29 is 9.31 Å². The molecule has 1 aliphatic rings. The van der Waals surface area contributed by atoms with Crippen molar-refractivity contribution in [1.29, 1.82) is 10.5 Å². The first-order valence-corrected chi connectivity index (χ1v) is 16.1. The van der Waals surface area contributed by atoms with Crippen LogP contribution in [0.1, 0.15) is 25.0 Å². The maximum absolute atomic E-state index is 9.16. The Kier molecular flexibility index (Phi) is 11.3. The average molecular weight is 713 g/mol. The first kappa shape index (κ1) is 34.7. The molecule has 0 bridgehead atoms. The summed E-state index contributed by atoms with van der Waals surface area (Å²) in [5.74, 6) is 0. The molecule has 4 aromatic carbocycles. The van der Waals surface area contributed by atoms with Crippen LogP contribution in [0, 0.1) is 28.1 Å². The quantitative estimate of drug-likeness (QED) is 0.154. The molecular formula is C37H34BBrN8O2.